The van der Waals surface area contributed by atoms with Crippen molar-refractivity contribution in [2.75, 3.05) is 26.3 Å². The highest BCUT2D eigenvalue weighted by atomic mass is 16.7. The molecular weight excluding hydrogens is 756 g/mol. The third-order valence-corrected chi connectivity index (χ3v) is 7.51. The number of ketones is 2. The molecule has 17 heteroatoms. The van der Waals surface area contributed by atoms with Gasteiger partial charge in [0.15, 0.2) is 24.8 Å². The maximum atomic E-state index is 12.8. The molecule has 0 radical (unpaired) electrons. The van der Waals surface area contributed by atoms with Crippen molar-refractivity contribution in [3.8, 4) is 0 Å². The fourth-order valence-corrected chi connectivity index (χ4v) is 5.01. The smallest absolute Gasteiger partial charge is 0.445 e. The summed E-state index contributed by atoms with van der Waals surface area (Å²) in [6.07, 6.45) is -3.27. The van der Waals surface area contributed by atoms with Gasteiger partial charge >= 0.3 is 30.5 Å². The number of carbonyl (C=O) groups excluding carboxylic acids is 7. The maximum absolute atomic E-state index is 12.8. The normalized spacial score (nSPS) is 12.1. The number of hydrogen-bond donors (Lipinski definition) is 4. The zero-order valence-corrected chi connectivity index (χ0v) is 34.2. The number of benzene rings is 2. The minimum absolute atomic E-state index is 0.00166. The molecular formula is C41H58N4O13. The highest BCUT2D eigenvalue weighted by molar-refractivity contribution is 5.84. The van der Waals surface area contributed by atoms with Crippen molar-refractivity contribution in [2.24, 2.45) is 0 Å². The van der Waals surface area contributed by atoms with Crippen molar-refractivity contribution in [1.82, 2.24) is 21.3 Å². The number of hydrogen-bond acceptors (Lipinski definition) is 13. The Hall–Kier alpha value is -5.87. The Balaban J connectivity index is 1.87. The molecule has 0 spiro atoms. The van der Waals surface area contributed by atoms with Gasteiger partial charge in [-0.2, -0.15) is 0 Å². The molecule has 2 aromatic rings. The lowest BCUT2D eigenvalue weighted by atomic mass is 10.1. The molecule has 0 saturated carbocycles. The minimum Gasteiger partial charge on any atom is -0.445 e. The molecule has 0 aromatic heterocycles. The van der Waals surface area contributed by atoms with Crippen LogP contribution in [-0.2, 0) is 51.2 Å². The third kappa shape index (κ3) is 24.6. The summed E-state index contributed by atoms with van der Waals surface area (Å²) >= 11 is 0. The molecule has 0 aliphatic rings. The van der Waals surface area contributed by atoms with Crippen LogP contribution in [0.15, 0.2) is 60.7 Å². The lowest BCUT2D eigenvalue weighted by Crippen LogP contribution is -2.39. The van der Waals surface area contributed by atoms with E-state index in [-0.39, 0.29) is 52.0 Å². The van der Waals surface area contributed by atoms with Gasteiger partial charge in [-0.15, -0.1) is 0 Å². The van der Waals surface area contributed by atoms with Crippen molar-refractivity contribution in [1.29, 1.82) is 0 Å². The molecule has 320 valence electrons. The summed E-state index contributed by atoms with van der Waals surface area (Å²) in [4.78, 5) is 87.1. The number of alkyl carbamates (subject to hydrolysis) is 4. The Morgan fingerprint density at radius 1 is 0.517 bits per heavy atom. The average Bonchev–Trinajstić information content (AvgIpc) is 3.14. The molecule has 2 atom stereocenters. The third-order valence-electron chi connectivity index (χ3n) is 7.51. The van der Waals surface area contributed by atoms with Gasteiger partial charge in [0.25, 0.3) is 0 Å². The van der Waals surface area contributed by atoms with Gasteiger partial charge in [-0.05, 0) is 78.4 Å². The standard InChI is InChI=1S/C41H58N4O13/c1-40(2,3)57-35(48)42-21-13-19-31(44-37(50)53-25-29-15-9-7-10-16-29)23-33(46)27-55-39(52)56-28-34(47)24-32(20-14-22-43-36(49)58-41(4,5)6)45-38(51)54-26-30-17-11-8-12-18-30/h7-12,15-18,31-32H,13-14,19-28H2,1-6H3,(H,42,48)(H,43,49)(H,44,50)(H,45,51)/t31-,32-/m0/s1. The Morgan fingerprint density at radius 2 is 0.879 bits per heavy atom. The van der Waals surface area contributed by atoms with Crippen LogP contribution < -0.4 is 21.3 Å². The molecule has 4 N–H and O–H groups in total. The van der Waals surface area contributed by atoms with E-state index in [2.05, 4.69) is 21.3 Å². The summed E-state index contributed by atoms with van der Waals surface area (Å²) in [7, 11) is 0. The van der Waals surface area contributed by atoms with Crippen molar-refractivity contribution < 1.29 is 62.0 Å². The van der Waals surface area contributed by atoms with Crippen molar-refractivity contribution in [3.63, 3.8) is 0 Å². The van der Waals surface area contributed by atoms with Gasteiger partial charge in [-0.25, -0.2) is 24.0 Å². The molecule has 2 rings (SSSR count). The second-order valence-electron chi connectivity index (χ2n) is 15.3. The SMILES string of the molecule is CC(C)(C)OC(=O)NCCC[C@@H](CC(=O)COC(=O)OCC(=O)C[C@H](CCCNC(=O)OC(C)(C)C)NC(=O)OCc1ccccc1)NC(=O)OCc1ccccc1. The van der Waals surface area contributed by atoms with Crippen LogP contribution in [0.4, 0.5) is 24.0 Å². The Bertz CT molecular complexity index is 1490. The molecule has 4 amide bonds. The van der Waals surface area contributed by atoms with Gasteiger partial charge in [-0.1, -0.05) is 60.7 Å². The first-order valence-electron chi connectivity index (χ1n) is 19.1. The number of ether oxygens (including phenoxy) is 6. The predicted molar refractivity (Wildman–Crippen MR) is 211 cm³/mol. The summed E-state index contributed by atoms with van der Waals surface area (Å²) in [6, 6.07) is 16.5. The van der Waals surface area contributed by atoms with Crippen LogP contribution in [0.5, 0.6) is 0 Å². The summed E-state index contributed by atoms with van der Waals surface area (Å²) in [6.45, 7) is 9.38. The van der Waals surface area contributed by atoms with Crippen LogP contribution in [-0.4, -0.2) is 91.7 Å². The molecule has 58 heavy (non-hydrogen) atoms. The lowest BCUT2D eigenvalue weighted by molar-refractivity contribution is -0.125. The zero-order valence-electron chi connectivity index (χ0n) is 34.2. The molecule has 17 nitrogen and oxygen atoms in total. The second-order valence-corrected chi connectivity index (χ2v) is 15.3. The fourth-order valence-electron chi connectivity index (χ4n) is 5.01. The van der Waals surface area contributed by atoms with E-state index in [0.717, 1.165) is 11.1 Å². The number of rotatable bonds is 22. The molecule has 2 aromatic carbocycles. The molecule has 0 heterocycles. The molecule has 0 aliphatic carbocycles. The van der Waals surface area contributed by atoms with Crippen LogP contribution in [0.1, 0.15) is 91.2 Å². The van der Waals surface area contributed by atoms with Gasteiger partial charge in [-0.3, -0.25) is 9.59 Å². The quantitative estimate of drug-likeness (QED) is 0.0586. The van der Waals surface area contributed by atoms with E-state index in [1.54, 1.807) is 90.1 Å². The van der Waals surface area contributed by atoms with E-state index in [9.17, 15) is 33.6 Å². The molecule has 0 aliphatic heterocycles. The lowest BCUT2D eigenvalue weighted by Gasteiger charge is -2.21. The van der Waals surface area contributed by atoms with Crippen LogP contribution >= 0.6 is 0 Å². The number of carbonyl (C=O) groups is 7. The minimum atomic E-state index is -1.27. The first-order valence-corrected chi connectivity index (χ1v) is 19.1. The van der Waals surface area contributed by atoms with Crippen LogP contribution in [0.3, 0.4) is 0 Å². The van der Waals surface area contributed by atoms with Gasteiger partial charge in [0.05, 0.1) is 0 Å². The number of Topliss-reactive ketones (excluding diaryl/α,β-unsaturated/α-hetero) is 2. The van der Waals surface area contributed by atoms with Crippen LogP contribution in [0.25, 0.3) is 0 Å². The second kappa shape index (κ2) is 25.4. The van der Waals surface area contributed by atoms with E-state index in [0.29, 0.717) is 12.8 Å². The van der Waals surface area contributed by atoms with E-state index < -0.39 is 78.6 Å². The Labute approximate surface area is 339 Å². The van der Waals surface area contributed by atoms with E-state index in [1.165, 1.54) is 0 Å². The predicted octanol–water partition coefficient (Wildman–Crippen LogP) is 6.26. The van der Waals surface area contributed by atoms with Crippen LogP contribution in [0, 0.1) is 0 Å². The van der Waals surface area contributed by atoms with E-state index >= 15 is 0 Å². The van der Waals surface area contributed by atoms with E-state index in [1.807, 2.05) is 12.1 Å². The Kier molecular flexibility index (Phi) is 21.1. The van der Waals surface area contributed by atoms with Gasteiger partial charge in [0.1, 0.15) is 24.4 Å². The van der Waals surface area contributed by atoms with Crippen molar-refractivity contribution in [3.05, 3.63) is 71.8 Å². The summed E-state index contributed by atoms with van der Waals surface area (Å²) in [5.41, 5.74) is 0.161. The van der Waals surface area contributed by atoms with Crippen LogP contribution in [0.2, 0.25) is 0 Å². The number of amides is 4. The Morgan fingerprint density at radius 3 is 1.22 bits per heavy atom. The first kappa shape index (κ1) is 48.3. The highest BCUT2D eigenvalue weighted by Crippen LogP contribution is 2.11. The van der Waals surface area contributed by atoms with E-state index in [4.69, 9.17) is 28.4 Å². The van der Waals surface area contributed by atoms with Crippen molar-refractivity contribution in [2.45, 2.75) is 117 Å². The molecule has 0 fully saturated rings. The maximum Gasteiger partial charge on any atom is 0.509 e. The molecule has 0 saturated heterocycles. The van der Waals surface area contributed by atoms with Crippen molar-refractivity contribution >= 4 is 42.1 Å². The molecule has 0 unspecified atom stereocenters. The largest absolute Gasteiger partial charge is 0.509 e. The average molecular weight is 815 g/mol. The topological polar surface area (TPSA) is 223 Å². The monoisotopic (exact) mass is 814 g/mol. The number of nitrogens with one attached hydrogen (secondary N) is 4. The zero-order chi connectivity index (χ0) is 43.0. The summed E-state index contributed by atoms with van der Waals surface area (Å²) < 4.78 is 30.9. The fraction of sp³-hybridized carbons (Fsp3) is 0.537. The van der Waals surface area contributed by atoms with Gasteiger partial charge < -0.3 is 49.7 Å². The molecule has 0 bridgehead atoms. The van der Waals surface area contributed by atoms with Gasteiger partial charge in [0, 0.05) is 38.0 Å². The summed E-state index contributed by atoms with van der Waals surface area (Å²) in [5, 5.41) is 10.5. The van der Waals surface area contributed by atoms with Gasteiger partial charge in [0.2, 0.25) is 0 Å². The first-order chi connectivity index (χ1) is 27.4. The summed E-state index contributed by atoms with van der Waals surface area (Å²) in [5.74, 6) is -1.12. The highest BCUT2D eigenvalue weighted by Gasteiger charge is 2.22.